The highest BCUT2D eigenvalue weighted by atomic mass is 16.5. The van der Waals surface area contributed by atoms with Gasteiger partial charge in [0, 0.05) is 0 Å². The van der Waals surface area contributed by atoms with Crippen molar-refractivity contribution in [1.82, 2.24) is 5.43 Å². The van der Waals surface area contributed by atoms with Gasteiger partial charge >= 0.3 is 0 Å². The van der Waals surface area contributed by atoms with Crippen LogP contribution in [0.25, 0.3) is 0 Å². The molecule has 2 aromatic rings. The SMILES string of the molecule is CCCCOc1ccc(/C=N/NC(=O)COc2cccc(C)c2)cc1OC. The highest BCUT2D eigenvalue weighted by Crippen LogP contribution is 2.27. The number of nitrogens with zero attached hydrogens (tertiary/aromatic N) is 1. The molecular weight excluding hydrogens is 344 g/mol. The molecule has 0 saturated heterocycles. The zero-order valence-corrected chi connectivity index (χ0v) is 16.0. The van der Waals surface area contributed by atoms with Gasteiger partial charge in [0.2, 0.25) is 0 Å². The van der Waals surface area contributed by atoms with Gasteiger partial charge in [0.25, 0.3) is 5.91 Å². The van der Waals surface area contributed by atoms with Crippen LogP contribution in [-0.4, -0.2) is 32.4 Å². The molecule has 6 heteroatoms. The summed E-state index contributed by atoms with van der Waals surface area (Å²) in [5, 5.41) is 3.95. The second-order valence-corrected chi connectivity index (χ2v) is 6.01. The van der Waals surface area contributed by atoms with E-state index in [1.807, 2.05) is 37.3 Å². The van der Waals surface area contributed by atoms with E-state index in [-0.39, 0.29) is 12.5 Å². The van der Waals surface area contributed by atoms with Crippen LogP contribution in [-0.2, 0) is 4.79 Å². The van der Waals surface area contributed by atoms with Crippen LogP contribution >= 0.6 is 0 Å². The molecule has 0 unspecified atom stereocenters. The predicted molar refractivity (Wildman–Crippen MR) is 106 cm³/mol. The molecule has 6 nitrogen and oxygen atoms in total. The Hall–Kier alpha value is -3.02. The monoisotopic (exact) mass is 370 g/mol. The molecule has 0 bridgehead atoms. The van der Waals surface area contributed by atoms with Gasteiger partial charge in [-0.25, -0.2) is 5.43 Å². The van der Waals surface area contributed by atoms with Crippen LogP contribution in [0.2, 0.25) is 0 Å². The van der Waals surface area contributed by atoms with E-state index in [4.69, 9.17) is 14.2 Å². The molecule has 0 radical (unpaired) electrons. The van der Waals surface area contributed by atoms with Gasteiger partial charge in [0.05, 0.1) is 19.9 Å². The Morgan fingerprint density at radius 1 is 1.15 bits per heavy atom. The van der Waals surface area contributed by atoms with Crippen molar-refractivity contribution in [2.24, 2.45) is 5.10 Å². The lowest BCUT2D eigenvalue weighted by atomic mass is 10.2. The third-order valence-electron chi connectivity index (χ3n) is 3.71. The highest BCUT2D eigenvalue weighted by Gasteiger charge is 2.05. The summed E-state index contributed by atoms with van der Waals surface area (Å²) in [6, 6.07) is 13.0. The Bertz CT molecular complexity index is 775. The van der Waals surface area contributed by atoms with Gasteiger partial charge in [-0.05, 0) is 54.8 Å². The first-order chi connectivity index (χ1) is 13.1. The van der Waals surface area contributed by atoms with Gasteiger partial charge < -0.3 is 14.2 Å². The smallest absolute Gasteiger partial charge is 0.277 e. The van der Waals surface area contributed by atoms with Gasteiger partial charge in [-0.2, -0.15) is 5.10 Å². The van der Waals surface area contributed by atoms with E-state index in [9.17, 15) is 4.79 Å². The summed E-state index contributed by atoms with van der Waals surface area (Å²) in [5.41, 5.74) is 4.30. The van der Waals surface area contributed by atoms with E-state index in [1.165, 1.54) is 0 Å². The molecule has 0 aliphatic heterocycles. The summed E-state index contributed by atoms with van der Waals surface area (Å²) >= 11 is 0. The number of amides is 1. The summed E-state index contributed by atoms with van der Waals surface area (Å²) < 4.78 is 16.5. The number of rotatable bonds is 10. The van der Waals surface area contributed by atoms with Crippen molar-refractivity contribution >= 4 is 12.1 Å². The molecule has 0 aromatic heterocycles. The fraction of sp³-hybridized carbons (Fsp3) is 0.333. The van der Waals surface area contributed by atoms with Gasteiger partial charge in [-0.1, -0.05) is 25.5 Å². The molecule has 0 atom stereocenters. The number of nitrogens with one attached hydrogen (secondary N) is 1. The van der Waals surface area contributed by atoms with E-state index in [0.29, 0.717) is 23.9 Å². The van der Waals surface area contributed by atoms with Crippen LogP contribution in [0.15, 0.2) is 47.6 Å². The Labute approximate surface area is 160 Å². The Morgan fingerprint density at radius 3 is 2.74 bits per heavy atom. The first kappa shape index (κ1) is 20.3. The maximum Gasteiger partial charge on any atom is 0.277 e. The molecule has 2 aromatic carbocycles. The van der Waals surface area contributed by atoms with E-state index in [0.717, 1.165) is 24.0 Å². The number of hydrazone groups is 1. The molecule has 27 heavy (non-hydrogen) atoms. The molecule has 1 amide bonds. The largest absolute Gasteiger partial charge is 0.493 e. The van der Waals surface area contributed by atoms with Gasteiger partial charge in [0.1, 0.15) is 5.75 Å². The molecule has 0 saturated carbocycles. The quantitative estimate of drug-likeness (QED) is 0.393. The van der Waals surface area contributed by atoms with Crippen LogP contribution in [0.5, 0.6) is 17.2 Å². The Kier molecular flexibility index (Phi) is 8.16. The number of carbonyl (C=O) groups excluding carboxylic acids is 1. The topological polar surface area (TPSA) is 69.2 Å². The summed E-state index contributed by atoms with van der Waals surface area (Å²) in [7, 11) is 1.59. The van der Waals surface area contributed by atoms with Crippen molar-refractivity contribution in [3.8, 4) is 17.2 Å². The number of carbonyl (C=O) groups is 1. The lowest BCUT2D eigenvalue weighted by Crippen LogP contribution is -2.24. The van der Waals surface area contributed by atoms with Gasteiger partial charge in [0.15, 0.2) is 18.1 Å². The Balaban J connectivity index is 1.84. The third-order valence-corrected chi connectivity index (χ3v) is 3.71. The summed E-state index contributed by atoms with van der Waals surface area (Å²) in [6.07, 6.45) is 3.60. The first-order valence-corrected chi connectivity index (χ1v) is 8.94. The number of hydrogen-bond donors (Lipinski definition) is 1. The van der Waals surface area contributed by atoms with Crippen LogP contribution < -0.4 is 19.6 Å². The van der Waals surface area contributed by atoms with Gasteiger partial charge in [-0.15, -0.1) is 0 Å². The normalized spacial score (nSPS) is 10.6. The number of ether oxygens (including phenoxy) is 3. The van der Waals surface area contributed by atoms with E-state index in [2.05, 4.69) is 17.5 Å². The van der Waals surface area contributed by atoms with Crippen LogP contribution in [0.3, 0.4) is 0 Å². The number of unbranched alkanes of at least 4 members (excludes halogenated alkanes) is 1. The number of benzene rings is 2. The maximum atomic E-state index is 11.8. The minimum absolute atomic E-state index is 0.103. The molecule has 144 valence electrons. The van der Waals surface area contributed by atoms with Crippen molar-refractivity contribution in [1.29, 1.82) is 0 Å². The molecule has 0 fully saturated rings. The van der Waals surface area contributed by atoms with E-state index in [1.54, 1.807) is 25.5 Å². The number of aryl methyl sites for hydroxylation is 1. The van der Waals surface area contributed by atoms with E-state index < -0.39 is 0 Å². The van der Waals surface area contributed by atoms with Crippen molar-refractivity contribution in [3.05, 3.63) is 53.6 Å². The lowest BCUT2D eigenvalue weighted by molar-refractivity contribution is -0.123. The van der Waals surface area contributed by atoms with Crippen molar-refractivity contribution in [2.75, 3.05) is 20.3 Å². The molecule has 0 aliphatic rings. The third kappa shape index (κ3) is 7.01. The second-order valence-electron chi connectivity index (χ2n) is 6.01. The minimum atomic E-state index is -0.334. The molecular formula is C21H26N2O4. The summed E-state index contributed by atoms with van der Waals surface area (Å²) in [4.78, 5) is 11.8. The predicted octanol–water partition coefficient (Wildman–Crippen LogP) is 3.71. The molecule has 0 aliphatic carbocycles. The fourth-order valence-electron chi connectivity index (χ4n) is 2.28. The van der Waals surface area contributed by atoms with Gasteiger partial charge in [-0.3, -0.25) is 4.79 Å². The standard InChI is InChI=1S/C21H26N2O4/c1-4-5-11-26-19-10-9-17(13-20(19)25-3)14-22-23-21(24)15-27-18-8-6-7-16(2)12-18/h6-10,12-14H,4-5,11,15H2,1-3H3,(H,23,24)/b22-14+. The number of methoxy groups -OCH3 is 1. The average molecular weight is 370 g/mol. The zero-order valence-electron chi connectivity index (χ0n) is 16.0. The highest BCUT2D eigenvalue weighted by molar-refractivity contribution is 5.83. The number of hydrogen-bond acceptors (Lipinski definition) is 5. The lowest BCUT2D eigenvalue weighted by Gasteiger charge is -2.10. The average Bonchev–Trinajstić information content (AvgIpc) is 2.67. The first-order valence-electron chi connectivity index (χ1n) is 8.94. The summed E-state index contributed by atoms with van der Waals surface area (Å²) in [6.45, 7) is 4.62. The fourth-order valence-corrected chi connectivity index (χ4v) is 2.28. The van der Waals surface area contributed by atoms with E-state index >= 15 is 0 Å². The maximum absolute atomic E-state index is 11.8. The van der Waals surface area contributed by atoms with Crippen LogP contribution in [0.4, 0.5) is 0 Å². The molecule has 0 spiro atoms. The summed E-state index contributed by atoms with van der Waals surface area (Å²) in [5.74, 6) is 1.64. The van der Waals surface area contributed by atoms with Crippen LogP contribution in [0.1, 0.15) is 30.9 Å². The van der Waals surface area contributed by atoms with Crippen molar-refractivity contribution in [3.63, 3.8) is 0 Å². The van der Waals surface area contributed by atoms with Crippen molar-refractivity contribution in [2.45, 2.75) is 26.7 Å². The zero-order chi connectivity index (χ0) is 19.5. The van der Waals surface area contributed by atoms with Crippen molar-refractivity contribution < 1.29 is 19.0 Å². The Morgan fingerprint density at radius 2 is 2.00 bits per heavy atom. The minimum Gasteiger partial charge on any atom is -0.493 e. The molecule has 1 N–H and O–H groups in total. The molecule has 2 rings (SSSR count). The van der Waals surface area contributed by atoms with Crippen LogP contribution in [0, 0.1) is 6.92 Å². The second kappa shape index (κ2) is 10.9. The molecule has 0 heterocycles.